The second-order valence-electron chi connectivity index (χ2n) is 11.6. The summed E-state index contributed by atoms with van der Waals surface area (Å²) >= 11 is 0. The van der Waals surface area contributed by atoms with Gasteiger partial charge in [0.05, 0.1) is 24.1 Å². The number of carbonyl (C=O) groups excluding carboxylic acids is 3. The fraction of sp³-hybridized carbons (Fsp3) is 0.444. The Kier molecular flexibility index (Phi) is 15.2. The first-order valence-corrected chi connectivity index (χ1v) is 16.0. The molecule has 0 spiro atoms. The van der Waals surface area contributed by atoms with Crippen LogP contribution in [0.25, 0.3) is 0 Å². The van der Waals surface area contributed by atoms with Gasteiger partial charge in [0.25, 0.3) is 5.91 Å². The van der Waals surface area contributed by atoms with Crippen LogP contribution in [-0.2, 0) is 22.6 Å². The molecule has 0 aliphatic rings. The third-order valence-electron chi connectivity index (χ3n) is 7.96. The lowest BCUT2D eigenvalue weighted by molar-refractivity contribution is -0.127. The molecule has 1 unspecified atom stereocenters. The number of hydrogen-bond donors (Lipinski definition) is 5. The molecule has 0 radical (unpaired) electrons. The van der Waals surface area contributed by atoms with E-state index in [2.05, 4.69) is 34.8 Å². The predicted molar refractivity (Wildman–Crippen MR) is 175 cm³/mol. The maximum atomic E-state index is 13.8. The molecular weight excluding hydrogens is 568 g/mol. The van der Waals surface area contributed by atoms with Crippen LogP contribution in [0.15, 0.2) is 85.2 Å². The normalized spacial score (nSPS) is 13.8. The predicted octanol–water partition coefficient (Wildman–Crippen LogP) is 4.33. The SMILES string of the molecule is CCCC(CCC)CCC(NC(=O)c1cccnc1)C(=O)N[C@@H](Cc1ccccc1)[C@@H](O)[C@H](O)CC(=O)NCc1ccccc1. The second kappa shape index (κ2) is 19.3. The molecule has 9 nitrogen and oxygen atoms in total. The van der Waals surface area contributed by atoms with Gasteiger partial charge in [-0.05, 0) is 48.4 Å². The molecule has 1 aromatic heterocycles. The zero-order valence-electron chi connectivity index (χ0n) is 26.4. The van der Waals surface area contributed by atoms with Crippen LogP contribution in [0.4, 0.5) is 0 Å². The molecule has 242 valence electrons. The van der Waals surface area contributed by atoms with Gasteiger partial charge in [-0.15, -0.1) is 0 Å². The number of rotatable bonds is 19. The van der Waals surface area contributed by atoms with Crippen LogP contribution in [-0.4, -0.2) is 57.2 Å². The number of pyridine rings is 1. The molecule has 4 atom stereocenters. The van der Waals surface area contributed by atoms with Crippen molar-refractivity contribution in [3.63, 3.8) is 0 Å². The molecule has 0 aliphatic heterocycles. The lowest BCUT2D eigenvalue weighted by atomic mass is 9.91. The van der Waals surface area contributed by atoms with Crippen molar-refractivity contribution in [3.8, 4) is 0 Å². The number of benzene rings is 2. The summed E-state index contributed by atoms with van der Waals surface area (Å²) in [5.41, 5.74) is 2.09. The molecule has 0 saturated heterocycles. The summed E-state index contributed by atoms with van der Waals surface area (Å²) in [7, 11) is 0. The number of aliphatic hydroxyl groups excluding tert-OH is 2. The first-order valence-electron chi connectivity index (χ1n) is 16.0. The fourth-order valence-corrected chi connectivity index (χ4v) is 5.52. The summed E-state index contributed by atoms with van der Waals surface area (Å²) < 4.78 is 0. The van der Waals surface area contributed by atoms with Crippen LogP contribution in [0.5, 0.6) is 0 Å². The van der Waals surface area contributed by atoms with E-state index in [1.807, 2.05) is 60.7 Å². The van der Waals surface area contributed by atoms with Crippen molar-refractivity contribution in [2.75, 3.05) is 0 Å². The van der Waals surface area contributed by atoms with Crippen LogP contribution in [0, 0.1) is 5.92 Å². The van der Waals surface area contributed by atoms with Crippen LogP contribution >= 0.6 is 0 Å². The highest BCUT2D eigenvalue weighted by Gasteiger charge is 2.32. The zero-order chi connectivity index (χ0) is 32.4. The molecule has 0 saturated carbocycles. The van der Waals surface area contributed by atoms with Crippen LogP contribution in [0.2, 0.25) is 0 Å². The van der Waals surface area contributed by atoms with Crippen LogP contribution in [0.1, 0.15) is 80.3 Å². The minimum atomic E-state index is -1.45. The highest BCUT2D eigenvalue weighted by atomic mass is 16.3. The Balaban J connectivity index is 1.75. The van der Waals surface area contributed by atoms with E-state index < -0.39 is 42.0 Å². The minimum absolute atomic E-state index is 0.216. The maximum Gasteiger partial charge on any atom is 0.253 e. The molecular formula is C36H48N4O5. The van der Waals surface area contributed by atoms with Crippen molar-refractivity contribution in [2.45, 2.75) is 96.1 Å². The lowest BCUT2D eigenvalue weighted by Gasteiger charge is -2.30. The average Bonchev–Trinajstić information content (AvgIpc) is 3.06. The van der Waals surface area contributed by atoms with Gasteiger partial charge in [0.2, 0.25) is 11.8 Å². The summed E-state index contributed by atoms with van der Waals surface area (Å²) in [6.07, 6.45) is 5.32. The van der Waals surface area contributed by atoms with E-state index in [-0.39, 0.29) is 12.8 Å². The van der Waals surface area contributed by atoms with Crippen molar-refractivity contribution in [1.29, 1.82) is 0 Å². The van der Waals surface area contributed by atoms with E-state index in [1.165, 1.54) is 6.20 Å². The largest absolute Gasteiger partial charge is 0.390 e. The van der Waals surface area contributed by atoms with Gasteiger partial charge in [-0.2, -0.15) is 0 Å². The van der Waals surface area contributed by atoms with Crippen molar-refractivity contribution in [1.82, 2.24) is 20.9 Å². The molecule has 1 heterocycles. The standard InChI is InChI=1S/C36H48N4O5/c1-3-12-26(13-4-2)19-20-30(39-35(44)29-18-11-21-37-25-29)36(45)40-31(22-27-14-7-5-8-15-27)34(43)32(41)23-33(42)38-24-28-16-9-6-10-17-28/h5-11,14-18,21,25-26,30-32,34,41,43H,3-4,12-13,19-20,22-24H2,1-2H3,(H,38,42)(H,39,44)(H,40,45)/t30?,31-,32+,34+/m0/s1. The summed E-state index contributed by atoms with van der Waals surface area (Å²) in [4.78, 5) is 43.6. The Morgan fingerprint density at radius 1 is 0.778 bits per heavy atom. The Labute approximate surface area is 266 Å². The fourth-order valence-electron chi connectivity index (χ4n) is 5.52. The summed E-state index contributed by atoms with van der Waals surface area (Å²) in [6, 6.07) is 20.2. The molecule has 3 amide bonds. The van der Waals surface area contributed by atoms with E-state index in [0.29, 0.717) is 24.4 Å². The Bertz CT molecular complexity index is 1290. The van der Waals surface area contributed by atoms with E-state index in [1.54, 1.807) is 18.3 Å². The van der Waals surface area contributed by atoms with Crippen LogP contribution < -0.4 is 16.0 Å². The van der Waals surface area contributed by atoms with Gasteiger partial charge in [0.1, 0.15) is 12.1 Å². The van der Waals surface area contributed by atoms with Crippen molar-refractivity contribution >= 4 is 17.7 Å². The molecule has 5 N–H and O–H groups in total. The van der Waals surface area contributed by atoms with Gasteiger partial charge in [-0.3, -0.25) is 19.4 Å². The quantitative estimate of drug-likeness (QED) is 0.136. The van der Waals surface area contributed by atoms with E-state index in [9.17, 15) is 24.6 Å². The topological polar surface area (TPSA) is 141 Å². The number of carbonyl (C=O) groups is 3. The molecule has 3 rings (SSSR count). The van der Waals surface area contributed by atoms with Crippen molar-refractivity contribution in [2.24, 2.45) is 5.92 Å². The van der Waals surface area contributed by atoms with E-state index >= 15 is 0 Å². The molecule has 3 aromatic rings. The Morgan fingerprint density at radius 3 is 2.02 bits per heavy atom. The minimum Gasteiger partial charge on any atom is -0.390 e. The smallest absolute Gasteiger partial charge is 0.253 e. The number of hydrogen-bond acceptors (Lipinski definition) is 6. The number of nitrogens with zero attached hydrogens (tertiary/aromatic N) is 1. The van der Waals surface area contributed by atoms with Gasteiger partial charge in [0.15, 0.2) is 0 Å². The van der Waals surface area contributed by atoms with E-state index in [0.717, 1.165) is 43.2 Å². The Hall–Kier alpha value is -4.08. The molecule has 0 bridgehead atoms. The molecule has 0 fully saturated rings. The van der Waals surface area contributed by atoms with Crippen molar-refractivity contribution < 1.29 is 24.6 Å². The average molecular weight is 617 g/mol. The number of aliphatic hydroxyl groups is 2. The van der Waals surface area contributed by atoms with Gasteiger partial charge in [-0.25, -0.2) is 0 Å². The summed E-state index contributed by atoms with van der Waals surface area (Å²) in [5, 5.41) is 30.8. The highest BCUT2D eigenvalue weighted by Crippen LogP contribution is 2.21. The number of nitrogens with one attached hydrogen (secondary N) is 3. The first kappa shape index (κ1) is 35.4. The van der Waals surface area contributed by atoms with Gasteiger partial charge >= 0.3 is 0 Å². The van der Waals surface area contributed by atoms with Gasteiger partial charge in [-0.1, -0.05) is 100 Å². The lowest BCUT2D eigenvalue weighted by Crippen LogP contribution is -2.55. The highest BCUT2D eigenvalue weighted by molar-refractivity contribution is 5.97. The summed E-state index contributed by atoms with van der Waals surface area (Å²) in [6.45, 7) is 4.57. The molecule has 0 aliphatic carbocycles. The van der Waals surface area contributed by atoms with Gasteiger partial charge < -0.3 is 26.2 Å². The van der Waals surface area contributed by atoms with Crippen LogP contribution in [0.3, 0.4) is 0 Å². The maximum absolute atomic E-state index is 13.8. The number of aromatic nitrogens is 1. The van der Waals surface area contributed by atoms with Crippen molar-refractivity contribution in [3.05, 3.63) is 102 Å². The van der Waals surface area contributed by atoms with E-state index in [4.69, 9.17) is 0 Å². The third kappa shape index (κ3) is 12.4. The Morgan fingerprint density at radius 2 is 1.42 bits per heavy atom. The third-order valence-corrected chi connectivity index (χ3v) is 7.96. The molecule has 2 aromatic carbocycles. The number of amides is 3. The zero-order valence-corrected chi connectivity index (χ0v) is 26.4. The second-order valence-corrected chi connectivity index (χ2v) is 11.6. The summed E-state index contributed by atoms with van der Waals surface area (Å²) in [5.74, 6) is -0.872. The van der Waals surface area contributed by atoms with Gasteiger partial charge in [0, 0.05) is 18.9 Å². The first-order chi connectivity index (χ1) is 21.8. The molecule has 45 heavy (non-hydrogen) atoms. The monoisotopic (exact) mass is 616 g/mol. The molecule has 9 heteroatoms.